The van der Waals surface area contributed by atoms with Gasteiger partial charge in [0.15, 0.2) is 6.29 Å². The molecule has 25 heavy (non-hydrogen) atoms. The number of allylic oxidation sites excluding steroid dienone is 2. The first kappa shape index (κ1) is 24.5. The van der Waals surface area contributed by atoms with Gasteiger partial charge in [-0.25, -0.2) is 4.98 Å². The molecule has 0 amide bonds. The summed E-state index contributed by atoms with van der Waals surface area (Å²) in [7, 11) is 2.50. The number of aromatic nitrogens is 2. The van der Waals surface area contributed by atoms with Gasteiger partial charge in [-0.3, -0.25) is 9.78 Å². The zero-order chi connectivity index (χ0) is 19.8. The van der Waals surface area contributed by atoms with Gasteiger partial charge in [0, 0.05) is 18.9 Å². The molecule has 2 aromatic rings. The highest BCUT2D eigenvalue weighted by Gasteiger charge is 2.01. The van der Waals surface area contributed by atoms with Crippen LogP contribution in [-0.2, 0) is 0 Å². The summed E-state index contributed by atoms with van der Waals surface area (Å²) in [5, 5.41) is 9.95. The molecule has 138 valence electrons. The van der Waals surface area contributed by atoms with Crippen molar-refractivity contribution >= 4 is 23.1 Å². The molecule has 0 aliphatic carbocycles. The fourth-order valence-electron chi connectivity index (χ4n) is 1.61. The molecule has 0 atom stereocenters. The average molecular weight is 347 g/mol. The first-order chi connectivity index (χ1) is 12.1. The standard InChI is InChI=1S/C14H14N4O.C2H6.CH5N.CH4O/c1-9(2)5-13(15)18-14-4-3-11-12(17-14)6-10(8-19)7-16-11;3*1-2/h3-8H,1,15H2,2H3,(H,17,18);1-2H3;2H2,1H3;2H,1H3/b13-5+;;;. The molecule has 2 rings (SSSR count). The lowest BCUT2D eigenvalue weighted by atomic mass is 10.2. The Morgan fingerprint density at radius 1 is 1.24 bits per heavy atom. The molecule has 0 unspecified atom stereocenters. The number of nitrogens with two attached hydrogens (primary N) is 2. The maximum atomic E-state index is 10.7. The number of carbonyl (C=O) groups excluding carboxylic acids is 1. The van der Waals surface area contributed by atoms with Crippen molar-refractivity contribution in [3.8, 4) is 0 Å². The van der Waals surface area contributed by atoms with Gasteiger partial charge in [0.2, 0.25) is 0 Å². The van der Waals surface area contributed by atoms with E-state index in [-0.39, 0.29) is 0 Å². The maximum Gasteiger partial charge on any atom is 0.151 e. The first-order valence-electron chi connectivity index (χ1n) is 7.72. The second-order valence-electron chi connectivity index (χ2n) is 4.19. The molecule has 0 radical (unpaired) electrons. The highest BCUT2D eigenvalue weighted by atomic mass is 16.2. The van der Waals surface area contributed by atoms with Gasteiger partial charge in [-0.2, -0.15) is 0 Å². The van der Waals surface area contributed by atoms with Crippen LogP contribution in [0.1, 0.15) is 31.1 Å². The Kier molecular flexibility index (Phi) is 14.5. The summed E-state index contributed by atoms with van der Waals surface area (Å²) < 4.78 is 0. The average Bonchev–Trinajstić information content (AvgIpc) is 2.65. The van der Waals surface area contributed by atoms with Gasteiger partial charge >= 0.3 is 0 Å². The molecule has 0 aliphatic heterocycles. The summed E-state index contributed by atoms with van der Waals surface area (Å²) in [6, 6.07) is 5.27. The summed E-state index contributed by atoms with van der Waals surface area (Å²) >= 11 is 0. The Labute approximate surface area is 149 Å². The van der Waals surface area contributed by atoms with Crippen molar-refractivity contribution in [1.82, 2.24) is 9.97 Å². The normalized spacial score (nSPS) is 9.32. The number of hydrogen-bond acceptors (Lipinski definition) is 7. The molecule has 2 aromatic heterocycles. The minimum atomic E-state index is 0.457. The number of aliphatic hydroxyl groups excluding tert-OH is 1. The van der Waals surface area contributed by atoms with E-state index in [1.165, 1.54) is 13.2 Å². The summed E-state index contributed by atoms with van der Waals surface area (Å²) in [6.07, 6.45) is 3.97. The van der Waals surface area contributed by atoms with Crippen LogP contribution in [0.3, 0.4) is 0 Å². The minimum absolute atomic E-state index is 0.457. The number of nitrogens with one attached hydrogen (secondary N) is 1. The van der Waals surface area contributed by atoms with Crippen LogP contribution in [0.25, 0.3) is 11.0 Å². The molecule has 0 saturated carbocycles. The molecule has 0 aromatic carbocycles. The van der Waals surface area contributed by atoms with Crippen LogP contribution >= 0.6 is 0 Å². The topological polar surface area (TPSA) is 127 Å². The molecule has 6 N–H and O–H groups in total. The number of aliphatic hydroxyl groups is 1. The van der Waals surface area contributed by atoms with Crippen molar-refractivity contribution < 1.29 is 9.90 Å². The number of anilines is 1. The molecule has 0 spiro atoms. The van der Waals surface area contributed by atoms with Crippen molar-refractivity contribution in [3.05, 3.63) is 54.0 Å². The SMILES string of the molecule is C=C(C)/C=C(\N)Nc1ccc2ncc(C=O)cc2n1.CC.CN.CO. The highest BCUT2D eigenvalue weighted by molar-refractivity contribution is 5.84. The number of pyridine rings is 2. The van der Waals surface area contributed by atoms with E-state index < -0.39 is 0 Å². The quantitative estimate of drug-likeness (QED) is 0.494. The van der Waals surface area contributed by atoms with Crippen LogP contribution in [0.4, 0.5) is 5.82 Å². The van der Waals surface area contributed by atoms with Gasteiger partial charge in [-0.05, 0) is 38.2 Å². The van der Waals surface area contributed by atoms with Crippen LogP contribution in [0.15, 0.2) is 48.4 Å². The van der Waals surface area contributed by atoms with Crippen molar-refractivity contribution in [2.24, 2.45) is 11.5 Å². The maximum absolute atomic E-state index is 10.7. The lowest BCUT2D eigenvalue weighted by molar-refractivity contribution is 0.112. The molecule has 7 nitrogen and oxygen atoms in total. The zero-order valence-corrected chi connectivity index (χ0v) is 15.6. The van der Waals surface area contributed by atoms with E-state index in [0.717, 1.165) is 24.5 Å². The number of nitrogens with zero attached hydrogens (tertiary/aromatic N) is 2. The van der Waals surface area contributed by atoms with Crippen LogP contribution in [0.5, 0.6) is 0 Å². The molecule has 0 aliphatic rings. The van der Waals surface area contributed by atoms with Crippen LogP contribution in [0, 0.1) is 0 Å². The van der Waals surface area contributed by atoms with Crippen molar-refractivity contribution in [2.75, 3.05) is 19.5 Å². The lowest BCUT2D eigenvalue weighted by Gasteiger charge is -2.06. The number of rotatable bonds is 4. The second-order valence-corrected chi connectivity index (χ2v) is 4.19. The molecule has 7 heteroatoms. The molecule has 0 saturated heterocycles. The Balaban J connectivity index is 0. The predicted molar refractivity (Wildman–Crippen MR) is 105 cm³/mol. The third-order valence-corrected chi connectivity index (χ3v) is 2.37. The van der Waals surface area contributed by atoms with Crippen molar-refractivity contribution in [1.29, 1.82) is 0 Å². The minimum Gasteiger partial charge on any atom is -0.400 e. The van der Waals surface area contributed by atoms with Gasteiger partial charge < -0.3 is 21.9 Å². The van der Waals surface area contributed by atoms with E-state index in [1.807, 2.05) is 26.8 Å². The van der Waals surface area contributed by atoms with Gasteiger partial charge in [-0.1, -0.05) is 26.0 Å². The molecular formula is C18H29N5O2. The first-order valence-corrected chi connectivity index (χ1v) is 7.72. The van der Waals surface area contributed by atoms with Crippen LogP contribution in [-0.4, -0.2) is 35.5 Å². The largest absolute Gasteiger partial charge is 0.400 e. The monoisotopic (exact) mass is 347 g/mol. The summed E-state index contributed by atoms with van der Waals surface area (Å²) in [6.45, 7) is 9.59. The number of fused-ring (bicyclic) bond motifs is 1. The molecule has 2 heterocycles. The van der Waals surface area contributed by atoms with Crippen LogP contribution < -0.4 is 16.8 Å². The van der Waals surface area contributed by atoms with Gasteiger partial charge in [-0.15, -0.1) is 0 Å². The third-order valence-electron chi connectivity index (χ3n) is 2.37. The fraction of sp³-hybridized carbons (Fsp3) is 0.278. The third kappa shape index (κ3) is 9.19. The van der Waals surface area contributed by atoms with E-state index in [9.17, 15) is 4.79 Å². The van der Waals surface area contributed by atoms with E-state index in [1.54, 1.807) is 18.2 Å². The lowest BCUT2D eigenvalue weighted by Crippen LogP contribution is -2.10. The van der Waals surface area contributed by atoms with E-state index in [2.05, 4.69) is 27.6 Å². The summed E-state index contributed by atoms with van der Waals surface area (Å²) in [5.74, 6) is 1.05. The van der Waals surface area contributed by atoms with Gasteiger partial charge in [0.05, 0.1) is 11.0 Å². The number of aldehydes is 1. The smallest absolute Gasteiger partial charge is 0.151 e. The Bertz CT molecular complexity index is 684. The molecule has 0 fully saturated rings. The van der Waals surface area contributed by atoms with Gasteiger partial charge in [0.1, 0.15) is 11.6 Å². The van der Waals surface area contributed by atoms with Crippen molar-refractivity contribution in [3.63, 3.8) is 0 Å². The predicted octanol–water partition coefficient (Wildman–Crippen LogP) is 2.44. The summed E-state index contributed by atoms with van der Waals surface area (Å²) in [4.78, 5) is 19.2. The van der Waals surface area contributed by atoms with E-state index in [4.69, 9.17) is 10.8 Å². The Morgan fingerprint density at radius 3 is 2.36 bits per heavy atom. The highest BCUT2D eigenvalue weighted by Crippen LogP contribution is 2.14. The zero-order valence-electron chi connectivity index (χ0n) is 15.6. The number of carbonyl (C=O) groups is 1. The number of hydrogen-bond donors (Lipinski definition) is 4. The van der Waals surface area contributed by atoms with Gasteiger partial charge in [0.25, 0.3) is 0 Å². The van der Waals surface area contributed by atoms with E-state index in [0.29, 0.717) is 22.7 Å². The molecule has 0 bridgehead atoms. The summed E-state index contributed by atoms with van der Waals surface area (Å²) in [5.41, 5.74) is 13.0. The van der Waals surface area contributed by atoms with Crippen LogP contribution in [0.2, 0.25) is 0 Å². The second kappa shape index (κ2) is 14.8. The Hall–Kier alpha value is -2.77. The van der Waals surface area contributed by atoms with Crippen molar-refractivity contribution in [2.45, 2.75) is 20.8 Å². The fourth-order valence-corrected chi connectivity index (χ4v) is 1.61. The van der Waals surface area contributed by atoms with E-state index >= 15 is 0 Å². The molecular weight excluding hydrogens is 318 g/mol. The Morgan fingerprint density at radius 2 is 1.84 bits per heavy atom.